The van der Waals surface area contributed by atoms with Crippen LogP contribution >= 0.6 is 11.8 Å². The minimum absolute atomic E-state index is 0.162. The van der Waals surface area contributed by atoms with Crippen molar-refractivity contribution in [2.24, 2.45) is 11.8 Å². The zero-order valence-electron chi connectivity index (χ0n) is 17.8. The Balaban J connectivity index is 1.46. The Morgan fingerprint density at radius 3 is 2.71 bits per heavy atom. The lowest BCUT2D eigenvalue weighted by molar-refractivity contribution is 0.114. The number of aromatic nitrogens is 3. The molecule has 1 aromatic heterocycles. The molecule has 158 valence electrons. The number of thioether (sulfide) groups is 1. The van der Waals surface area contributed by atoms with E-state index in [0.717, 1.165) is 29.8 Å². The molecule has 6 heteroatoms. The summed E-state index contributed by atoms with van der Waals surface area (Å²) < 4.78 is 6.51. The molecular weight excluding hydrogens is 404 g/mol. The van der Waals surface area contributed by atoms with Gasteiger partial charge in [0.1, 0.15) is 0 Å². The minimum atomic E-state index is -0.162. The van der Waals surface area contributed by atoms with Gasteiger partial charge in [-0.3, -0.25) is 0 Å². The maximum atomic E-state index is 6.51. The minimum Gasteiger partial charge on any atom is -0.452 e. The molecule has 3 atom stereocenters. The number of nitrogens with one attached hydrogen (secondary N) is 1. The smallest absolute Gasteiger partial charge is 0.247 e. The maximum Gasteiger partial charge on any atom is 0.247 e. The molecule has 0 saturated heterocycles. The third-order valence-corrected chi connectivity index (χ3v) is 6.98. The van der Waals surface area contributed by atoms with E-state index >= 15 is 0 Å². The Bertz CT molecular complexity index is 1100. The van der Waals surface area contributed by atoms with Gasteiger partial charge < -0.3 is 10.1 Å². The highest BCUT2D eigenvalue weighted by molar-refractivity contribution is 7.98. The molecule has 1 aliphatic carbocycles. The van der Waals surface area contributed by atoms with Crippen molar-refractivity contribution < 1.29 is 4.74 Å². The first-order valence-corrected chi connectivity index (χ1v) is 11.8. The summed E-state index contributed by atoms with van der Waals surface area (Å²) in [4.78, 5) is 4.78. The molecule has 0 fully saturated rings. The fourth-order valence-corrected chi connectivity index (χ4v) is 5.11. The molecule has 1 aliphatic heterocycles. The average Bonchev–Trinajstić information content (AvgIpc) is 2.95. The summed E-state index contributed by atoms with van der Waals surface area (Å²) in [6.07, 6.45) is 4.27. The van der Waals surface area contributed by atoms with Crippen molar-refractivity contribution in [1.82, 2.24) is 15.2 Å². The van der Waals surface area contributed by atoms with Gasteiger partial charge in [-0.05, 0) is 37.3 Å². The Kier molecular flexibility index (Phi) is 5.64. The number of para-hydroxylation sites is 1. The van der Waals surface area contributed by atoms with Crippen LogP contribution in [-0.2, 0) is 5.75 Å². The molecule has 0 amide bonds. The van der Waals surface area contributed by atoms with Crippen LogP contribution in [0.3, 0.4) is 0 Å². The van der Waals surface area contributed by atoms with Crippen LogP contribution < -0.4 is 10.1 Å². The zero-order chi connectivity index (χ0) is 21.2. The van der Waals surface area contributed by atoms with E-state index in [-0.39, 0.29) is 6.23 Å². The van der Waals surface area contributed by atoms with Crippen molar-refractivity contribution in [3.05, 3.63) is 71.8 Å². The van der Waals surface area contributed by atoms with Gasteiger partial charge in [0.25, 0.3) is 0 Å². The highest BCUT2D eigenvalue weighted by atomic mass is 32.2. The molecule has 1 N–H and O–H groups in total. The average molecular weight is 431 g/mol. The second kappa shape index (κ2) is 8.71. The van der Waals surface area contributed by atoms with Crippen LogP contribution in [-0.4, -0.2) is 21.4 Å². The predicted molar refractivity (Wildman–Crippen MR) is 125 cm³/mol. The van der Waals surface area contributed by atoms with E-state index in [2.05, 4.69) is 59.7 Å². The van der Waals surface area contributed by atoms with E-state index in [1.807, 2.05) is 30.3 Å². The lowest BCUT2D eigenvalue weighted by Crippen LogP contribution is -2.39. The van der Waals surface area contributed by atoms with E-state index in [1.165, 1.54) is 11.1 Å². The topological polar surface area (TPSA) is 59.9 Å². The lowest BCUT2D eigenvalue weighted by atomic mass is 9.80. The first-order chi connectivity index (χ1) is 15.2. The van der Waals surface area contributed by atoms with Crippen molar-refractivity contribution >= 4 is 17.4 Å². The third-order valence-electron chi connectivity index (χ3n) is 6.07. The molecule has 0 bridgehead atoms. The molecule has 5 nitrogen and oxygen atoms in total. The SMILES string of the molecule is CC1=CCC(C2Nc3ccccc3-c3nnc(SCc4ccccc4)nc3O2)C(C)C1. The summed E-state index contributed by atoms with van der Waals surface area (Å²) in [5.74, 6) is 2.24. The largest absolute Gasteiger partial charge is 0.452 e. The molecule has 5 rings (SSSR count). The first-order valence-electron chi connectivity index (χ1n) is 10.8. The number of hydrogen-bond donors (Lipinski definition) is 1. The van der Waals surface area contributed by atoms with Crippen LogP contribution in [0.1, 0.15) is 32.3 Å². The van der Waals surface area contributed by atoms with Gasteiger partial charge in [-0.25, -0.2) is 0 Å². The highest BCUT2D eigenvalue weighted by Crippen LogP contribution is 2.40. The van der Waals surface area contributed by atoms with Crippen LogP contribution in [0.25, 0.3) is 11.3 Å². The van der Waals surface area contributed by atoms with Crippen LogP contribution in [0.4, 0.5) is 5.69 Å². The maximum absolute atomic E-state index is 6.51. The van der Waals surface area contributed by atoms with Crippen molar-refractivity contribution in [2.75, 3.05) is 5.32 Å². The Hall–Kier alpha value is -2.86. The zero-order valence-corrected chi connectivity index (χ0v) is 18.6. The summed E-state index contributed by atoms with van der Waals surface area (Å²) in [6, 6.07) is 18.5. The summed E-state index contributed by atoms with van der Waals surface area (Å²) in [5, 5.41) is 13.2. The fourth-order valence-electron chi connectivity index (χ4n) is 4.38. The van der Waals surface area contributed by atoms with Gasteiger partial charge in [-0.1, -0.05) is 78.9 Å². The number of allylic oxidation sites excluding steroid dienone is 2. The van der Waals surface area contributed by atoms with Crippen molar-refractivity contribution in [2.45, 2.75) is 43.8 Å². The number of rotatable bonds is 4. The number of hydrogen-bond acceptors (Lipinski definition) is 6. The second-order valence-corrected chi connectivity index (χ2v) is 9.32. The molecule has 3 unspecified atom stereocenters. The third kappa shape index (κ3) is 4.30. The van der Waals surface area contributed by atoms with E-state index in [4.69, 9.17) is 9.72 Å². The first kappa shape index (κ1) is 20.1. The molecule has 31 heavy (non-hydrogen) atoms. The molecular formula is C25H26N4OS. The van der Waals surface area contributed by atoms with Crippen molar-refractivity contribution in [1.29, 1.82) is 0 Å². The van der Waals surface area contributed by atoms with Crippen LogP contribution in [0.15, 0.2) is 71.4 Å². The number of anilines is 1. The van der Waals surface area contributed by atoms with Gasteiger partial charge in [-0.15, -0.1) is 10.2 Å². The van der Waals surface area contributed by atoms with E-state index in [9.17, 15) is 0 Å². The highest BCUT2D eigenvalue weighted by Gasteiger charge is 2.34. The van der Waals surface area contributed by atoms with Gasteiger partial charge >= 0.3 is 0 Å². The van der Waals surface area contributed by atoms with Crippen molar-refractivity contribution in [3.63, 3.8) is 0 Å². The van der Waals surface area contributed by atoms with Crippen LogP contribution in [0.5, 0.6) is 5.88 Å². The molecule has 2 heterocycles. The van der Waals surface area contributed by atoms with Gasteiger partial charge in [0.2, 0.25) is 11.0 Å². The molecule has 0 spiro atoms. The Morgan fingerprint density at radius 2 is 1.87 bits per heavy atom. The summed E-state index contributed by atoms with van der Waals surface area (Å²) >= 11 is 1.58. The van der Waals surface area contributed by atoms with Gasteiger partial charge in [0.05, 0.1) is 0 Å². The molecule has 3 aromatic rings. The molecule has 2 aromatic carbocycles. The normalized spacial score (nSPS) is 22.3. The lowest BCUT2D eigenvalue weighted by Gasteiger charge is -2.34. The number of benzene rings is 2. The Morgan fingerprint density at radius 1 is 1.06 bits per heavy atom. The van der Waals surface area contributed by atoms with Crippen LogP contribution in [0.2, 0.25) is 0 Å². The summed E-state index contributed by atoms with van der Waals surface area (Å²) in [6.45, 7) is 4.52. The quantitative estimate of drug-likeness (QED) is 0.407. The van der Waals surface area contributed by atoms with Gasteiger partial charge in [0, 0.05) is 22.9 Å². The second-order valence-electron chi connectivity index (χ2n) is 8.38. The number of ether oxygens (including phenoxy) is 1. The molecule has 2 aliphatic rings. The van der Waals surface area contributed by atoms with Gasteiger partial charge in [0.15, 0.2) is 11.9 Å². The standard InChI is InChI=1S/C25H26N4OS/c1-16-12-13-19(17(2)14-16)23-26-21-11-7-6-10-20(21)22-24(30-23)27-25(29-28-22)31-15-18-8-4-3-5-9-18/h3-12,17,19,23,26H,13-15H2,1-2H3. The molecule has 0 radical (unpaired) electrons. The van der Waals surface area contributed by atoms with E-state index in [0.29, 0.717) is 28.6 Å². The number of nitrogens with zero attached hydrogens (tertiary/aromatic N) is 3. The van der Waals surface area contributed by atoms with Gasteiger partial charge in [-0.2, -0.15) is 4.98 Å². The summed E-state index contributed by atoms with van der Waals surface area (Å²) in [5.41, 5.74) is 5.39. The fraction of sp³-hybridized carbons (Fsp3) is 0.320. The van der Waals surface area contributed by atoms with E-state index in [1.54, 1.807) is 11.8 Å². The van der Waals surface area contributed by atoms with E-state index < -0.39 is 0 Å². The summed E-state index contributed by atoms with van der Waals surface area (Å²) in [7, 11) is 0. The number of fused-ring (bicyclic) bond motifs is 3. The van der Waals surface area contributed by atoms with Crippen molar-refractivity contribution in [3.8, 4) is 17.1 Å². The Labute approximate surface area is 187 Å². The monoisotopic (exact) mass is 430 g/mol. The molecule has 0 saturated carbocycles. The van der Waals surface area contributed by atoms with Crippen LogP contribution in [0, 0.1) is 11.8 Å². The predicted octanol–water partition coefficient (Wildman–Crippen LogP) is 5.95.